The number of hydrogen-bond donors (Lipinski definition) is 2. The van der Waals surface area contributed by atoms with Crippen molar-refractivity contribution in [2.45, 2.75) is 13.3 Å². The SMILES string of the molecule is CCC#Cc1ccc(NPI)c(C=N)c1. The summed E-state index contributed by atoms with van der Waals surface area (Å²) >= 11 is 2.27. The van der Waals surface area contributed by atoms with Crippen molar-refractivity contribution in [2.24, 2.45) is 0 Å². The molecule has 0 spiro atoms. The van der Waals surface area contributed by atoms with Crippen molar-refractivity contribution >= 4 is 40.3 Å². The third kappa shape index (κ3) is 3.81. The minimum Gasteiger partial charge on any atom is -0.358 e. The maximum absolute atomic E-state index is 7.32. The topological polar surface area (TPSA) is 35.9 Å². The molecule has 1 aromatic rings. The van der Waals surface area contributed by atoms with Gasteiger partial charge in [-0.3, -0.25) is 0 Å². The van der Waals surface area contributed by atoms with Crippen LogP contribution in [-0.4, -0.2) is 6.21 Å². The summed E-state index contributed by atoms with van der Waals surface area (Å²) in [5.74, 6) is 6.08. The van der Waals surface area contributed by atoms with Gasteiger partial charge in [0.15, 0.2) is 0 Å². The van der Waals surface area contributed by atoms with Crippen molar-refractivity contribution < 1.29 is 0 Å². The molecule has 0 aliphatic carbocycles. The molecule has 0 saturated carbocycles. The fourth-order valence-electron chi connectivity index (χ4n) is 1.12. The molecular formula is C11H12IN2P. The van der Waals surface area contributed by atoms with Gasteiger partial charge in [0.1, 0.15) is 0 Å². The lowest BCUT2D eigenvalue weighted by Crippen LogP contribution is -1.90. The molecule has 2 nitrogen and oxygen atoms in total. The second-order valence-corrected chi connectivity index (χ2v) is 4.88. The minimum atomic E-state index is 0.613. The number of rotatable bonds is 3. The third-order valence-corrected chi connectivity index (χ3v) is 2.97. The molecule has 0 heterocycles. The Morgan fingerprint density at radius 3 is 3.00 bits per heavy atom. The Balaban J connectivity index is 3.01. The van der Waals surface area contributed by atoms with E-state index >= 15 is 0 Å². The summed E-state index contributed by atoms with van der Waals surface area (Å²) in [5, 5.41) is 10.5. The first kappa shape index (κ1) is 12.5. The largest absolute Gasteiger partial charge is 0.358 e. The second-order valence-electron chi connectivity index (χ2n) is 2.82. The lowest BCUT2D eigenvalue weighted by atomic mass is 10.1. The van der Waals surface area contributed by atoms with Gasteiger partial charge in [0.25, 0.3) is 0 Å². The fourth-order valence-corrected chi connectivity index (χ4v) is 2.32. The van der Waals surface area contributed by atoms with Crippen LogP contribution < -0.4 is 5.09 Å². The summed E-state index contributed by atoms with van der Waals surface area (Å²) in [6, 6.07) is 5.90. The summed E-state index contributed by atoms with van der Waals surface area (Å²) < 4.78 is 0. The van der Waals surface area contributed by atoms with Gasteiger partial charge in [-0.2, -0.15) is 0 Å². The van der Waals surface area contributed by atoms with Gasteiger partial charge in [-0.25, -0.2) is 0 Å². The molecular weight excluding hydrogens is 318 g/mol. The van der Waals surface area contributed by atoms with E-state index in [4.69, 9.17) is 5.41 Å². The predicted octanol–water partition coefficient (Wildman–Crippen LogP) is 3.80. The summed E-state index contributed by atoms with van der Waals surface area (Å²) in [6.07, 6.45) is 2.83. The van der Waals surface area contributed by atoms with E-state index in [2.05, 4.69) is 39.0 Å². The van der Waals surface area contributed by atoms with E-state index in [0.29, 0.717) is 6.37 Å². The number of benzene rings is 1. The van der Waals surface area contributed by atoms with E-state index in [-0.39, 0.29) is 0 Å². The Morgan fingerprint density at radius 2 is 2.40 bits per heavy atom. The Kier molecular flexibility index (Phi) is 5.67. The predicted molar refractivity (Wildman–Crippen MR) is 77.5 cm³/mol. The molecule has 1 aromatic carbocycles. The van der Waals surface area contributed by atoms with Gasteiger partial charge >= 0.3 is 0 Å². The average Bonchev–Trinajstić information content (AvgIpc) is 2.28. The van der Waals surface area contributed by atoms with Crippen LogP contribution in [0.25, 0.3) is 0 Å². The van der Waals surface area contributed by atoms with Crippen LogP contribution in [0.4, 0.5) is 5.69 Å². The summed E-state index contributed by atoms with van der Waals surface area (Å²) in [6.45, 7) is 2.03. The second kappa shape index (κ2) is 6.81. The van der Waals surface area contributed by atoms with Gasteiger partial charge < -0.3 is 10.5 Å². The Morgan fingerprint density at radius 1 is 1.60 bits per heavy atom. The quantitative estimate of drug-likeness (QED) is 0.376. The van der Waals surface area contributed by atoms with Crippen LogP contribution in [-0.2, 0) is 0 Å². The van der Waals surface area contributed by atoms with Gasteiger partial charge in [0.2, 0.25) is 0 Å². The van der Waals surface area contributed by atoms with Gasteiger partial charge in [0.05, 0.1) is 0 Å². The van der Waals surface area contributed by atoms with Gasteiger partial charge in [-0.1, -0.05) is 18.8 Å². The normalized spacial score (nSPS) is 9.73. The van der Waals surface area contributed by atoms with E-state index in [1.54, 1.807) is 0 Å². The maximum Gasteiger partial charge on any atom is 0.0465 e. The molecule has 0 amide bonds. The zero-order valence-electron chi connectivity index (χ0n) is 8.39. The van der Waals surface area contributed by atoms with Crippen LogP contribution in [0.2, 0.25) is 0 Å². The number of anilines is 1. The molecule has 0 aliphatic heterocycles. The molecule has 0 saturated heterocycles. The average molecular weight is 330 g/mol. The van der Waals surface area contributed by atoms with Crippen LogP contribution in [0, 0.1) is 17.3 Å². The van der Waals surface area contributed by atoms with E-state index < -0.39 is 0 Å². The van der Waals surface area contributed by atoms with Crippen molar-refractivity contribution in [3.63, 3.8) is 0 Å². The molecule has 0 aliphatic rings. The van der Waals surface area contributed by atoms with E-state index in [9.17, 15) is 0 Å². The number of halogens is 1. The van der Waals surface area contributed by atoms with E-state index in [0.717, 1.165) is 23.2 Å². The highest BCUT2D eigenvalue weighted by Gasteiger charge is 1.99. The molecule has 0 aromatic heterocycles. The van der Waals surface area contributed by atoms with E-state index in [1.165, 1.54) is 6.21 Å². The Bertz CT molecular complexity index is 407. The molecule has 4 heteroatoms. The molecule has 0 radical (unpaired) electrons. The van der Waals surface area contributed by atoms with Gasteiger partial charge in [-0.15, -0.1) is 0 Å². The van der Waals surface area contributed by atoms with Crippen molar-refractivity contribution in [2.75, 3.05) is 5.09 Å². The Labute approximate surface area is 105 Å². The van der Waals surface area contributed by atoms with Crippen LogP contribution in [0.3, 0.4) is 0 Å². The van der Waals surface area contributed by atoms with Crippen molar-refractivity contribution in [3.8, 4) is 11.8 Å². The zero-order chi connectivity index (χ0) is 11.1. The minimum absolute atomic E-state index is 0.613. The van der Waals surface area contributed by atoms with Crippen molar-refractivity contribution in [1.82, 2.24) is 0 Å². The lowest BCUT2D eigenvalue weighted by Gasteiger charge is -2.06. The first-order chi connectivity index (χ1) is 7.31. The first-order valence-corrected chi connectivity index (χ1v) is 8.68. The van der Waals surface area contributed by atoms with Crippen molar-refractivity contribution in [1.29, 1.82) is 5.41 Å². The van der Waals surface area contributed by atoms with E-state index in [1.807, 2.05) is 25.1 Å². The highest BCUT2D eigenvalue weighted by Crippen LogP contribution is 2.26. The number of nitrogens with one attached hydrogen (secondary N) is 2. The van der Waals surface area contributed by atoms with Gasteiger partial charge in [0, 0.05) is 35.8 Å². The van der Waals surface area contributed by atoms with Crippen LogP contribution in [0.15, 0.2) is 18.2 Å². The smallest absolute Gasteiger partial charge is 0.0465 e. The lowest BCUT2D eigenvalue weighted by molar-refractivity contribution is 1.28. The summed E-state index contributed by atoms with van der Waals surface area (Å²) in [4.78, 5) is 0. The Hall–Kier alpha value is -0.590. The van der Waals surface area contributed by atoms with Crippen LogP contribution in [0.5, 0.6) is 0 Å². The highest BCUT2D eigenvalue weighted by atomic mass is 127. The highest BCUT2D eigenvalue weighted by molar-refractivity contribution is 14.2. The third-order valence-electron chi connectivity index (χ3n) is 1.80. The molecule has 78 valence electrons. The molecule has 2 N–H and O–H groups in total. The first-order valence-electron chi connectivity index (χ1n) is 4.57. The number of hydrogen-bond acceptors (Lipinski definition) is 2. The zero-order valence-corrected chi connectivity index (χ0v) is 11.6. The fraction of sp³-hybridized carbons (Fsp3) is 0.182. The molecule has 1 rings (SSSR count). The monoisotopic (exact) mass is 330 g/mol. The molecule has 0 fully saturated rings. The molecule has 15 heavy (non-hydrogen) atoms. The molecule has 1 unspecified atom stereocenters. The summed E-state index contributed by atoms with van der Waals surface area (Å²) in [7, 11) is 0. The standard InChI is InChI=1S/C11H12IN2P/c1-2-3-4-9-5-6-11(14-15-12)10(7-9)8-13/h5-8,13-15H,2H2,1H3. The van der Waals surface area contributed by atoms with Crippen LogP contribution >= 0.6 is 28.4 Å². The van der Waals surface area contributed by atoms with Crippen molar-refractivity contribution in [3.05, 3.63) is 29.3 Å². The van der Waals surface area contributed by atoms with Gasteiger partial charge in [-0.05, 0) is 40.2 Å². The summed E-state index contributed by atoms with van der Waals surface area (Å²) in [5.41, 5.74) is 2.86. The molecule has 0 bridgehead atoms. The van der Waals surface area contributed by atoms with Crippen LogP contribution in [0.1, 0.15) is 24.5 Å². The maximum atomic E-state index is 7.32. The molecule has 1 atom stereocenters.